The van der Waals surface area contributed by atoms with Gasteiger partial charge in [-0.25, -0.2) is 9.37 Å². The van der Waals surface area contributed by atoms with Gasteiger partial charge in [-0.3, -0.25) is 14.5 Å². The molecule has 6 rings (SSSR count). The minimum atomic E-state index is -0.801. The van der Waals surface area contributed by atoms with Crippen LogP contribution in [0.4, 0.5) is 4.39 Å². The van der Waals surface area contributed by atoms with Crippen molar-refractivity contribution >= 4 is 38.8 Å². The lowest BCUT2D eigenvalue weighted by molar-refractivity contribution is -0.128. The summed E-state index contributed by atoms with van der Waals surface area (Å²) in [6, 6.07) is 8.80. The number of likely N-dealkylation sites (tertiary alicyclic amines) is 1. The van der Waals surface area contributed by atoms with Crippen molar-refractivity contribution in [1.82, 2.24) is 25.1 Å². The van der Waals surface area contributed by atoms with Gasteiger partial charge in [-0.05, 0) is 43.5 Å². The molecule has 2 saturated heterocycles. The fourth-order valence-corrected chi connectivity index (χ4v) is 8.16. The van der Waals surface area contributed by atoms with Gasteiger partial charge in [0.25, 0.3) is 5.91 Å². The normalized spacial score (nSPS) is 17.5. The van der Waals surface area contributed by atoms with Gasteiger partial charge in [0.15, 0.2) is 0 Å². The monoisotopic (exact) mass is 683 g/mol. The van der Waals surface area contributed by atoms with Crippen LogP contribution in [0.15, 0.2) is 40.5 Å². The summed E-state index contributed by atoms with van der Waals surface area (Å²) in [7, 11) is 1.54. The van der Waals surface area contributed by atoms with Crippen LogP contribution in [0.3, 0.4) is 0 Å². The zero-order valence-electron chi connectivity index (χ0n) is 27.0. The second-order valence-electron chi connectivity index (χ2n) is 12.7. The molecular formula is C34H42FN5O5S2. The number of halogens is 1. The van der Waals surface area contributed by atoms with E-state index < -0.39 is 6.10 Å². The number of morpholine rings is 1. The molecule has 2 aliphatic rings. The molecule has 2 aliphatic heterocycles. The Hall–Kier alpha value is -3.20. The average molecular weight is 684 g/mol. The number of rotatable bonds is 11. The predicted octanol–water partition coefficient (Wildman–Crippen LogP) is 4.69. The second kappa shape index (κ2) is 14.5. The van der Waals surface area contributed by atoms with E-state index in [-0.39, 0.29) is 22.2 Å². The molecule has 0 radical (unpaired) electrons. The predicted molar refractivity (Wildman–Crippen MR) is 182 cm³/mol. The Morgan fingerprint density at radius 3 is 2.79 bits per heavy atom. The van der Waals surface area contributed by atoms with Crippen LogP contribution in [0.25, 0.3) is 10.2 Å². The molecule has 0 bridgehead atoms. The van der Waals surface area contributed by atoms with Crippen LogP contribution in [-0.2, 0) is 17.7 Å². The highest BCUT2D eigenvalue weighted by molar-refractivity contribution is 7.16. The molecule has 252 valence electrons. The Balaban J connectivity index is 0.991. The Morgan fingerprint density at radius 1 is 1.23 bits per heavy atom. The number of aliphatic hydroxyl groups is 1. The van der Waals surface area contributed by atoms with Crippen molar-refractivity contribution in [3.63, 3.8) is 0 Å². The number of thiazole rings is 2. The van der Waals surface area contributed by atoms with Gasteiger partial charge >= 0.3 is 4.87 Å². The lowest BCUT2D eigenvalue weighted by Crippen LogP contribution is -2.58. The van der Waals surface area contributed by atoms with E-state index in [1.54, 1.807) is 25.3 Å². The molecule has 47 heavy (non-hydrogen) atoms. The molecule has 10 nitrogen and oxygen atoms in total. The first kappa shape index (κ1) is 33.7. The highest BCUT2D eigenvalue weighted by atomic mass is 32.1. The zero-order chi connectivity index (χ0) is 33.1. The topological polar surface area (TPSA) is 120 Å². The maximum atomic E-state index is 14.9. The van der Waals surface area contributed by atoms with E-state index in [0.717, 1.165) is 47.8 Å². The van der Waals surface area contributed by atoms with Gasteiger partial charge in [-0.15, -0.1) is 11.3 Å². The summed E-state index contributed by atoms with van der Waals surface area (Å²) in [5, 5.41) is 17.0. The number of hydrogen-bond acceptors (Lipinski definition) is 10. The van der Waals surface area contributed by atoms with Crippen LogP contribution in [-0.4, -0.2) is 89.4 Å². The van der Waals surface area contributed by atoms with Crippen LogP contribution >= 0.6 is 22.7 Å². The summed E-state index contributed by atoms with van der Waals surface area (Å²) in [6.07, 6.45) is 1.43. The molecule has 0 saturated carbocycles. The summed E-state index contributed by atoms with van der Waals surface area (Å²) < 4.78 is 27.2. The third-order valence-electron chi connectivity index (χ3n) is 9.12. The van der Waals surface area contributed by atoms with Crippen molar-refractivity contribution in [3.05, 3.63) is 78.6 Å². The minimum absolute atomic E-state index is 0.0295. The Morgan fingerprint density at radius 2 is 2.04 bits per heavy atom. The number of nitrogens with zero attached hydrogens (tertiary/aromatic N) is 3. The summed E-state index contributed by atoms with van der Waals surface area (Å²) in [5.41, 5.74) is 3.07. The molecule has 0 unspecified atom stereocenters. The number of carbonyl (C=O) groups excluding carboxylic acids is 1. The van der Waals surface area contributed by atoms with Crippen molar-refractivity contribution < 1.29 is 23.8 Å². The molecule has 2 aromatic heterocycles. The maximum Gasteiger partial charge on any atom is 0.305 e. The molecule has 1 amide bonds. The summed E-state index contributed by atoms with van der Waals surface area (Å²) in [6.45, 7) is 8.71. The van der Waals surface area contributed by atoms with E-state index in [1.807, 2.05) is 16.3 Å². The van der Waals surface area contributed by atoms with Crippen molar-refractivity contribution in [3.8, 4) is 5.75 Å². The molecule has 0 aliphatic carbocycles. The van der Waals surface area contributed by atoms with Crippen LogP contribution in [0.5, 0.6) is 5.75 Å². The standard InChI is InChI=1S/C34H42FN5O5S2/c1-21(2)31-37-26(19-46-31)32(42)40-14-15-45-34(20-40)9-12-39(13-10-34)18-23-16-22(4-6-25(23)35)8-11-36-17-27(41)24-5-7-28(44-3)29-30(24)47-33(43)38-29/h4-7,16,19,21,27,36,41H,8-15,17-18,20H2,1-3H3,(H,38,43)/t27-/m0/s1. The summed E-state index contributed by atoms with van der Waals surface area (Å²) in [5.74, 6) is 0.604. The Labute approximate surface area is 281 Å². The van der Waals surface area contributed by atoms with Crippen molar-refractivity contribution in [2.24, 2.45) is 0 Å². The highest BCUT2D eigenvalue weighted by Crippen LogP contribution is 2.33. The molecule has 4 heterocycles. The van der Waals surface area contributed by atoms with Gasteiger partial charge in [-0.1, -0.05) is 43.4 Å². The highest BCUT2D eigenvalue weighted by Gasteiger charge is 2.41. The number of amides is 1. The van der Waals surface area contributed by atoms with Crippen molar-refractivity contribution in [2.75, 3.05) is 53.0 Å². The smallest absolute Gasteiger partial charge is 0.305 e. The van der Waals surface area contributed by atoms with E-state index in [0.29, 0.717) is 84.5 Å². The SMILES string of the molecule is COc1ccc([C@@H](O)CNCCc2ccc(F)c(CN3CCC4(CC3)CN(C(=O)c3csc(C(C)C)n3)CCO4)c2)c2sc(=O)[nH]c12. The van der Waals surface area contributed by atoms with Crippen LogP contribution < -0.4 is 14.9 Å². The molecular weight excluding hydrogens is 642 g/mol. The number of piperidine rings is 1. The van der Waals surface area contributed by atoms with Crippen LogP contribution in [0.2, 0.25) is 0 Å². The van der Waals surface area contributed by atoms with E-state index >= 15 is 0 Å². The number of carbonyl (C=O) groups is 1. The van der Waals surface area contributed by atoms with E-state index in [9.17, 15) is 19.1 Å². The van der Waals surface area contributed by atoms with Gasteiger partial charge in [0.05, 0.1) is 41.7 Å². The maximum absolute atomic E-state index is 14.9. The lowest BCUT2D eigenvalue weighted by atomic mass is 9.89. The lowest BCUT2D eigenvalue weighted by Gasteiger charge is -2.47. The third-order valence-corrected chi connectivity index (χ3v) is 11.2. The molecule has 3 N–H and O–H groups in total. The number of aliphatic hydroxyl groups excluding tert-OH is 1. The van der Waals surface area contributed by atoms with Gasteiger partial charge in [0.1, 0.15) is 22.8 Å². The van der Waals surface area contributed by atoms with Crippen LogP contribution in [0, 0.1) is 5.82 Å². The molecule has 1 atom stereocenters. The van der Waals surface area contributed by atoms with Crippen LogP contribution in [0.1, 0.15) is 70.9 Å². The molecule has 13 heteroatoms. The van der Waals surface area contributed by atoms with E-state index in [4.69, 9.17) is 9.47 Å². The number of benzene rings is 2. The first-order valence-corrected chi connectivity index (χ1v) is 17.8. The fourth-order valence-electron chi connectivity index (χ4n) is 6.44. The second-order valence-corrected chi connectivity index (χ2v) is 14.6. The van der Waals surface area contributed by atoms with E-state index in [1.165, 1.54) is 17.4 Å². The number of fused-ring (bicyclic) bond motifs is 1. The van der Waals surface area contributed by atoms with Gasteiger partial charge < -0.3 is 29.8 Å². The zero-order valence-corrected chi connectivity index (χ0v) is 28.6. The molecule has 4 aromatic rings. The van der Waals surface area contributed by atoms with Crippen molar-refractivity contribution in [2.45, 2.75) is 57.3 Å². The number of nitrogens with one attached hydrogen (secondary N) is 2. The molecule has 2 fully saturated rings. The summed E-state index contributed by atoms with van der Waals surface area (Å²) in [4.78, 5) is 36.5. The number of H-pyrrole nitrogens is 1. The quantitative estimate of drug-likeness (QED) is 0.195. The fraction of sp³-hybridized carbons (Fsp3) is 0.500. The first-order chi connectivity index (χ1) is 22.6. The Bertz CT molecular complexity index is 1760. The number of hydrogen-bond donors (Lipinski definition) is 3. The average Bonchev–Trinajstić information content (AvgIpc) is 3.72. The summed E-state index contributed by atoms with van der Waals surface area (Å²) >= 11 is 2.59. The third kappa shape index (κ3) is 7.60. The number of aromatic nitrogens is 2. The number of aromatic amines is 1. The number of methoxy groups -OCH3 is 1. The van der Waals surface area contributed by atoms with Gasteiger partial charge in [0.2, 0.25) is 0 Å². The Kier molecular flexibility index (Phi) is 10.4. The molecule has 1 spiro atoms. The van der Waals surface area contributed by atoms with E-state index in [2.05, 4.69) is 34.0 Å². The van der Waals surface area contributed by atoms with Gasteiger partial charge in [0, 0.05) is 55.1 Å². The first-order valence-electron chi connectivity index (χ1n) is 16.1. The minimum Gasteiger partial charge on any atom is -0.495 e. The van der Waals surface area contributed by atoms with Gasteiger partial charge in [-0.2, -0.15) is 0 Å². The number of ether oxygens (including phenoxy) is 2. The molecule has 2 aromatic carbocycles. The largest absolute Gasteiger partial charge is 0.495 e. The van der Waals surface area contributed by atoms with Crippen molar-refractivity contribution in [1.29, 1.82) is 0 Å².